The topological polar surface area (TPSA) is 0 Å². The van der Waals surface area contributed by atoms with Crippen LogP contribution in [-0.2, 0) is 0 Å². The van der Waals surface area contributed by atoms with Gasteiger partial charge in [-0.1, -0.05) is 182 Å². The normalized spacial score (nSPS) is 11.0. The Morgan fingerprint density at radius 1 is 0.238 bits per heavy atom. The molecule has 0 saturated heterocycles. The molecular formula is C40H30Si2. The molecule has 0 aromatic heterocycles. The lowest BCUT2D eigenvalue weighted by Crippen LogP contribution is -2.66. The van der Waals surface area contributed by atoms with Gasteiger partial charge in [0.1, 0.15) is 0 Å². The lowest BCUT2D eigenvalue weighted by molar-refractivity contribution is 1.69. The van der Waals surface area contributed by atoms with Crippen LogP contribution in [0.1, 0.15) is 0 Å². The molecule has 6 rings (SSSR count). The number of hydrogen-bond donors (Lipinski definition) is 0. The quantitative estimate of drug-likeness (QED) is 0.159. The van der Waals surface area contributed by atoms with E-state index in [0.29, 0.717) is 0 Å². The summed E-state index contributed by atoms with van der Waals surface area (Å²) in [5.74, 6) is 6.94. The molecule has 0 spiro atoms. The first-order valence-corrected chi connectivity index (χ1v) is 18.2. The summed E-state index contributed by atoms with van der Waals surface area (Å²) in [5.41, 5.74) is 7.69. The van der Waals surface area contributed by atoms with Gasteiger partial charge < -0.3 is 0 Å². The minimum Gasteiger partial charge on any atom is -0.100 e. The molecule has 0 fully saturated rings. The molecule has 0 radical (unpaired) electrons. The van der Waals surface area contributed by atoms with Gasteiger partial charge in [-0.15, -0.1) is 11.1 Å². The van der Waals surface area contributed by atoms with Crippen molar-refractivity contribution in [3.63, 3.8) is 0 Å². The van der Waals surface area contributed by atoms with Crippen LogP contribution in [-0.4, -0.2) is 16.1 Å². The van der Waals surface area contributed by atoms with E-state index in [0.717, 1.165) is 0 Å². The Bertz CT molecular complexity index is 1510. The maximum absolute atomic E-state index is 3.85. The smallest absolute Gasteiger partial charge is 0.100 e. The molecule has 42 heavy (non-hydrogen) atoms. The van der Waals surface area contributed by atoms with Gasteiger partial charge in [-0.3, -0.25) is 0 Å². The van der Waals surface area contributed by atoms with Crippen LogP contribution in [0.25, 0.3) is 0 Å². The van der Waals surface area contributed by atoms with Crippen molar-refractivity contribution in [2.45, 2.75) is 0 Å². The summed E-state index contributed by atoms with van der Waals surface area (Å²) in [6, 6.07) is 64.6. The predicted octanol–water partition coefficient (Wildman–Crippen LogP) is 4.41. The molecule has 6 aromatic rings. The molecule has 0 atom stereocenters. The summed E-state index contributed by atoms with van der Waals surface area (Å²) in [6.45, 7) is 0. The second-order valence-electron chi connectivity index (χ2n) is 10.2. The van der Waals surface area contributed by atoms with Crippen LogP contribution in [0.15, 0.2) is 182 Å². The van der Waals surface area contributed by atoms with Crippen molar-refractivity contribution < 1.29 is 0 Å². The van der Waals surface area contributed by atoms with E-state index in [4.69, 9.17) is 0 Å². The molecule has 2 heteroatoms. The number of rotatable bonds is 6. The minimum atomic E-state index is -2.71. The molecule has 0 aliphatic carbocycles. The van der Waals surface area contributed by atoms with Crippen LogP contribution in [0.4, 0.5) is 0 Å². The van der Waals surface area contributed by atoms with Gasteiger partial charge in [0, 0.05) is 0 Å². The fourth-order valence-corrected chi connectivity index (χ4v) is 13.3. The summed E-state index contributed by atoms with van der Waals surface area (Å²) >= 11 is 0. The molecule has 0 bridgehead atoms. The van der Waals surface area contributed by atoms with Gasteiger partial charge in [0.2, 0.25) is 16.1 Å². The summed E-state index contributed by atoms with van der Waals surface area (Å²) in [6.07, 6.45) is 0. The zero-order chi connectivity index (χ0) is 28.5. The standard InChI is InChI=1S/C40H30Si2/c1-7-21-35(22-8-1)41(36-23-9-2-10-24-36,37-25-11-3-12-26-37)33-19-20-34-42(38-27-13-4-14-28-38,39-29-15-5-16-30-39)40-31-17-6-18-32-40/h1-18,21-32H. The van der Waals surface area contributed by atoms with Crippen LogP contribution in [0.3, 0.4) is 0 Å². The van der Waals surface area contributed by atoms with Crippen molar-refractivity contribution in [2.24, 2.45) is 0 Å². The third-order valence-electron chi connectivity index (χ3n) is 7.80. The highest BCUT2D eigenvalue weighted by Gasteiger charge is 2.39. The average Bonchev–Trinajstić information content (AvgIpc) is 3.09. The molecule has 0 N–H and O–H groups in total. The highest BCUT2D eigenvalue weighted by atomic mass is 28.3. The summed E-state index contributed by atoms with van der Waals surface area (Å²) in [4.78, 5) is 0. The number of benzene rings is 6. The minimum absolute atomic E-state index is 1.26. The maximum Gasteiger partial charge on any atom is 0.231 e. The van der Waals surface area contributed by atoms with Gasteiger partial charge in [-0.05, 0) is 43.0 Å². The molecule has 0 nitrogen and oxygen atoms in total. The van der Waals surface area contributed by atoms with Crippen molar-refractivity contribution in [1.29, 1.82) is 0 Å². The van der Waals surface area contributed by atoms with Crippen molar-refractivity contribution in [2.75, 3.05) is 0 Å². The van der Waals surface area contributed by atoms with Crippen LogP contribution in [0.2, 0.25) is 0 Å². The third-order valence-corrected chi connectivity index (χ3v) is 16.0. The van der Waals surface area contributed by atoms with Gasteiger partial charge >= 0.3 is 0 Å². The van der Waals surface area contributed by atoms with Gasteiger partial charge in [-0.25, -0.2) is 0 Å². The van der Waals surface area contributed by atoms with Crippen molar-refractivity contribution >= 4 is 47.3 Å². The first kappa shape index (κ1) is 27.1. The Morgan fingerprint density at radius 2 is 0.405 bits per heavy atom. The predicted molar refractivity (Wildman–Crippen MR) is 184 cm³/mol. The molecule has 0 heterocycles. The molecular weight excluding hydrogens is 537 g/mol. The van der Waals surface area contributed by atoms with E-state index in [-0.39, 0.29) is 0 Å². The molecule has 0 saturated carbocycles. The zero-order valence-electron chi connectivity index (χ0n) is 23.3. The zero-order valence-corrected chi connectivity index (χ0v) is 25.3. The highest BCUT2D eigenvalue weighted by molar-refractivity contribution is 7.17. The van der Waals surface area contributed by atoms with E-state index in [1.165, 1.54) is 31.1 Å². The van der Waals surface area contributed by atoms with Gasteiger partial charge in [0.05, 0.1) is 0 Å². The summed E-state index contributed by atoms with van der Waals surface area (Å²) in [5, 5.41) is 7.55. The third kappa shape index (κ3) is 5.18. The van der Waals surface area contributed by atoms with E-state index in [2.05, 4.69) is 205 Å². The summed E-state index contributed by atoms with van der Waals surface area (Å²) in [7, 11) is -5.41. The Labute approximate surface area is 251 Å². The molecule has 0 aliphatic heterocycles. The molecule has 198 valence electrons. The summed E-state index contributed by atoms with van der Waals surface area (Å²) < 4.78 is 0. The van der Waals surface area contributed by atoms with Crippen molar-refractivity contribution in [3.05, 3.63) is 182 Å². The SMILES string of the molecule is C(C#C[Si](c1ccccc1)(c1ccccc1)c1ccccc1)#C[Si](c1ccccc1)(c1ccccc1)c1ccccc1. The first-order valence-electron chi connectivity index (χ1n) is 14.2. The monoisotopic (exact) mass is 566 g/mol. The van der Waals surface area contributed by atoms with E-state index < -0.39 is 16.1 Å². The molecule has 6 aromatic carbocycles. The van der Waals surface area contributed by atoms with Crippen LogP contribution in [0, 0.1) is 22.9 Å². The van der Waals surface area contributed by atoms with Crippen LogP contribution < -0.4 is 31.1 Å². The van der Waals surface area contributed by atoms with Crippen LogP contribution >= 0.6 is 0 Å². The molecule has 0 aliphatic rings. The fraction of sp³-hybridized carbons (Fsp3) is 0. The average molecular weight is 567 g/mol. The Morgan fingerprint density at radius 3 is 0.571 bits per heavy atom. The first-order chi connectivity index (χ1) is 20.8. The van der Waals surface area contributed by atoms with Crippen LogP contribution in [0.5, 0.6) is 0 Å². The van der Waals surface area contributed by atoms with E-state index in [1.54, 1.807) is 0 Å². The van der Waals surface area contributed by atoms with Crippen molar-refractivity contribution in [1.82, 2.24) is 0 Å². The van der Waals surface area contributed by atoms with Crippen molar-refractivity contribution in [3.8, 4) is 22.9 Å². The Kier molecular flexibility index (Phi) is 8.11. The number of hydrogen-bond acceptors (Lipinski definition) is 0. The van der Waals surface area contributed by atoms with Gasteiger partial charge in [0.15, 0.2) is 0 Å². The van der Waals surface area contributed by atoms with Gasteiger partial charge in [-0.2, -0.15) is 0 Å². The second-order valence-corrected chi connectivity index (χ2v) is 17.2. The lowest BCUT2D eigenvalue weighted by Gasteiger charge is -2.28. The largest absolute Gasteiger partial charge is 0.231 e. The lowest BCUT2D eigenvalue weighted by atomic mass is 10.3. The van der Waals surface area contributed by atoms with Gasteiger partial charge in [0.25, 0.3) is 0 Å². The highest BCUT2D eigenvalue weighted by Crippen LogP contribution is 2.09. The Balaban J connectivity index is 1.61. The fourth-order valence-electron chi connectivity index (χ4n) is 5.81. The maximum atomic E-state index is 3.85. The molecule has 0 amide bonds. The Hall–Kier alpha value is -5.13. The molecule has 0 unspecified atom stereocenters. The second kappa shape index (κ2) is 12.6. The van der Waals surface area contributed by atoms with E-state index >= 15 is 0 Å². The van der Waals surface area contributed by atoms with E-state index in [1.807, 2.05) is 0 Å². The van der Waals surface area contributed by atoms with E-state index in [9.17, 15) is 0 Å².